The second-order valence-electron chi connectivity index (χ2n) is 3.14. The number of aromatic nitrogens is 2. The third-order valence-electron chi connectivity index (χ3n) is 2.15. The smallest absolute Gasteiger partial charge is 0.0932 e. The second kappa shape index (κ2) is 3.52. The summed E-state index contributed by atoms with van der Waals surface area (Å²) in [5.74, 6) is 0. The first-order valence-electron chi connectivity index (χ1n) is 4.61. The fraction of sp³-hybridized carbons (Fsp3) is 0.273. The molecule has 0 atom stereocenters. The van der Waals surface area contributed by atoms with Crippen LogP contribution in [0.25, 0.3) is 10.9 Å². The summed E-state index contributed by atoms with van der Waals surface area (Å²) in [6.45, 7) is 2.18. The van der Waals surface area contributed by atoms with Crippen LogP contribution in [-0.4, -0.2) is 10.2 Å². The first kappa shape index (κ1) is 8.17. The number of hydrogen-bond acceptors (Lipinski definition) is 2. The molecular weight excluding hydrogens is 160 g/mol. The van der Waals surface area contributed by atoms with Crippen LogP contribution in [0.3, 0.4) is 0 Å². The van der Waals surface area contributed by atoms with Gasteiger partial charge in [-0.15, -0.1) is 0 Å². The molecule has 2 rings (SSSR count). The molecule has 2 heteroatoms. The summed E-state index contributed by atoms with van der Waals surface area (Å²) in [5, 5.41) is 9.29. The van der Waals surface area contributed by atoms with Gasteiger partial charge in [0.1, 0.15) is 0 Å². The van der Waals surface area contributed by atoms with Crippen LogP contribution < -0.4 is 0 Å². The van der Waals surface area contributed by atoms with Crippen molar-refractivity contribution in [2.45, 2.75) is 19.8 Å². The predicted molar refractivity (Wildman–Crippen MR) is 53.5 cm³/mol. The SMILES string of the molecule is CCCc1cnnc2ccccc12. The minimum absolute atomic E-state index is 0.994. The molecule has 0 bridgehead atoms. The van der Waals surface area contributed by atoms with Gasteiger partial charge in [0.15, 0.2) is 0 Å². The third kappa shape index (κ3) is 1.52. The van der Waals surface area contributed by atoms with Gasteiger partial charge in [0.25, 0.3) is 0 Å². The van der Waals surface area contributed by atoms with Crippen molar-refractivity contribution in [3.8, 4) is 0 Å². The Labute approximate surface area is 77.6 Å². The lowest BCUT2D eigenvalue weighted by Crippen LogP contribution is -1.90. The lowest BCUT2D eigenvalue weighted by molar-refractivity contribution is 0.910. The largest absolute Gasteiger partial charge is 0.158 e. The lowest BCUT2D eigenvalue weighted by atomic mass is 10.1. The molecule has 0 fully saturated rings. The molecule has 2 aromatic rings. The Morgan fingerprint density at radius 1 is 1.23 bits per heavy atom. The van der Waals surface area contributed by atoms with Gasteiger partial charge in [0.05, 0.1) is 11.7 Å². The summed E-state index contributed by atoms with van der Waals surface area (Å²) < 4.78 is 0. The number of rotatable bonds is 2. The fourth-order valence-electron chi connectivity index (χ4n) is 1.53. The molecule has 0 saturated carbocycles. The summed E-state index contributed by atoms with van der Waals surface area (Å²) in [7, 11) is 0. The van der Waals surface area contributed by atoms with Gasteiger partial charge >= 0.3 is 0 Å². The van der Waals surface area contributed by atoms with Crippen LogP contribution in [0.1, 0.15) is 18.9 Å². The molecule has 0 aliphatic carbocycles. The maximum absolute atomic E-state index is 4.07. The molecule has 0 aliphatic heterocycles. The van der Waals surface area contributed by atoms with E-state index in [1.807, 2.05) is 24.4 Å². The fourth-order valence-corrected chi connectivity index (χ4v) is 1.53. The van der Waals surface area contributed by atoms with Crippen LogP contribution in [0.15, 0.2) is 30.5 Å². The van der Waals surface area contributed by atoms with E-state index in [0.717, 1.165) is 18.4 Å². The summed E-state index contributed by atoms with van der Waals surface area (Å²) in [6.07, 6.45) is 4.09. The maximum Gasteiger partial charge on any atom is 0.0932 e. The van der Waals surface area contributed by atoms with Crippen molar-refractivity contribution in [1.82, 2.24) is 10.2 Å². The van der Waals surface area contributed by atoms with Crippen molar-refractivity contribution in [3.63, 3.8) is 0 Å². The van der Waals surface area contributed by atoms with E-state index < -0.39 is 0 Å². The molecule has 1 heterocycles. The van der Waals surface area contributed by atoms with Crippen molar-refractivity contribution in [2.75, 3.05) is 0 Å². The highest BCUT2D eigenvalue weighted by molar-refractivity contribution is 5.81. The summed E-state index contributed by atoms with van der Waals surface area (Å²) in [6, 6.07) is 8.15. The van der Waals surface area contributed by atoms with E-state index in [1.54, 1.807) is 0 Å². The number of benzene rings is 1. The normalized spacial score (nSPS) is 10.5. The average Bonchev–Trinajstić information content (AvgIpc) is 2.19. The van der Waals surface area contributed by atoms with E-state index in [4.69, 9.17) is 0 Å². The van der Waals surface area contributed by atoms with E-state index in [9.17, 15) is 0 Å². The van der Waals surface area contributed by atoms with Gasteiger partial charge in [-0.05, 0) is 18.1 Å². The van der Waals surface area contributed by atoms with Gasteiger partial charge in [0, 0.05) is 5.39 Å². The van der Waals surface area contributed by atoms with E-state index in [-0.39, 0.29) is 0 Å². The second-order valence-corrected chi connectivity index (χ2v) is 3.14. The molecule has 0 radical (unpaired) electrons. The molecule has 1 aromatic carbocycles. The van der Waals surface area contributed by atoms with E-state index in [1.165, 1.54) is 10.9 Å². The third-order valence-corrected chi connectivity index (χ3v) is 2.15. The van der Waals surface area contributed by atoms with Gasteiger partial charge in [-0.2, -0.15) is 10.2 Å². The molecule has 0 amide bonds. The zero-order valence-corrected chi connectivity index (χ0v) is 7.70. The van der Waals surface area contributed by atoms with Crippen molar-refractivity contribution >= 4 is 10.9 Å². The average molecular weight is 172 g/mol. The summed E-state index contributed by atoms with van der Waals surface area (Å²) >= 11 is 0. The quantitative estimate of drug-likeness (QED) is 0.695. The van der Waals surface area contributed by atoms with Crippen molar-refractivity contribution < 1.29 is 0 Å². The Morgan fingerprint density at radius 3 is 2.92 bits per heavy atom. The Balaban J connectivity index is 2.61. The Morgan fingerprint density at radius 2 is 2.08 bits per heavy atom. The van der Waals surface area contributed by atoms with Crippen LogP contribution >= 0.6 is 0 Å². The Kier molecular flexibility index (Phi) is 2.21. The highest BCUT2D eigenvalue weighted by atomic mass is 15.1. The zero-order valence-electron chi connectivity index (χ0n) is 7.70. The molecule has 13 heavy (non-hydrogen) atoms. The predicted octanol–water partition coefficient (Wildman–Crippen LogP) is 2.58. The lowest BCUT2D eigenvalue weighted by Gasteiger charge is -2.01. The minimum atomic E-state index is 0.994. The van der Waals surface area contributed by atoms with Gasteiger partial charge in [-0.3, -0.25) is 0 Å². The first-order chi connectivity index (χ1) is 6.42. The molecule has 2 nitrogen and oxygen atoms in total. The highest BCUT2D eigenvalue weighted by Gasteiger charge is 1.99. The van der Waals surface area contributed by atoms with Crippen LogP contribution in [0.2, 0.25) is 0 Å². The molecule has 0 N–H and O–H groups in total. The van der Waals surface area contributed by atoms with Crippen molar-refractivity contribution in [1.29, 1.82) is 0 Å². The van der Waals surface area contributed by atoms with Crippen LogP contribution in [0.4, 0.5) is 0 Å². The standard InChI is InChI=1S/C11H12N2/c1-2-5-9-8-12-13-11-7-4-3-6-10(9)11/h3-4,6-8H,2,5H2,1H3. The summed E-state index contributed by atoms with van der Waals surface area (Å²) in [4.78, 5) is 0. The number of aryl methyl sites for hydroxylation is 1. The van der Waals surface area contributed by atoms with Crippen LogP contribution in [-0.2, 0) is 6.42 Å². The topological polar surface area (TPSA) is 25.8 Å². The molecule has 66 valence electrons. The van der Waals surface area contributed by atoms with E-state index in [0.29, 0.717) is 0 Å². The first-order valence-corrected chi connectivity index (χ1v) is 4.61. The zero-order chi connectivity index (χ0) is 9.10. The van der Waals surface area contributed by atoms with E-state index in [2.05, 4.69) is 23.2 Å². The van der Waals surface area contributed by atoms with Gasteiger partial charge in [-0.25, -0.2) is 0 Å². The molecule has 0 unspecified atom stereocenters. The molecule has 1 aromatic heterocycles. The minimum Gasteiger partial charge on any atom is -0.158 e. The van der Waals surface area contributed by atoms with Gasteiger partial charge in [0.2, 0.25) is 0 Å². The van der Waals surface area contributed by atoms with Gasteiger partial charge < -0.3 is 0 Å². The van der Waals surface area contributed by atoms with E-state index >= 15 is 0 Å². The highest BCUT2D eigenvalue weighted by Crippen LogP contribution is 2.15. The number of fused-ring (bicyclic) bond motifs is 1. The molecule has 0 aliphatic rings. The van der Waals surface area contributed by atoms with Crippen molar-refractivity contribution in [3.05, 3.63) is 36.0 Å². The molecule has 0 spiro atoms. The van der Waals surface area contributed by atoms with Gasteiger partial charge in [-0.1, -0.05) is 31.5 Å². The Hall–Kier alpha value is -1.44. The maximum atomic E-state index is 4.07. The molecule has 0 saturated heterocycles. The number of hydrogen-bond donors (Lipinski definition) is 0. The monoisotopic (exact) mass is 172 g/mol. The van der Waals surface area contributed by atoms with Crippen LogP contribution in [0.5, 0.6) is 0 Å². The van der Waals surface area contributed by atoms with Crippen LogP contribution in [0, 0.1) is 0 Å². The Bertz CT molecular complexity index is 404. The summed E-state index contributed by atoms with van der Waals surface area (Å²) in [5.41, 5.74) is 2.29. The molecular formula is C11H12N2. The van der Waals surface area contributed by atoms with Crippen molar-refractivity contribution in [2.24, 2.45) is 0 Å². The number of nitrogens with zero attached hydrogens (tertiary/aromatic N) is 2.